The van der Waals surface area contributed by atoms with Crippen molar-refractivity contribution in [3.8, 4) is 5.75 Å². The van der Waals surface area contributed by atoms with E-state index in [0.29, 0.717) is 6.42 Å². The van der Waals surface area contributed by atoms with Gasteiger partial charge in [0.05, 0.1) is 13.2 Å². The van der Waals surface area contributed by atoms with E-state index >= 15 is 0 Å². The Morgan fingerprint density at radius 2 is 1.90 bits per heavy atom. The van der Waals surface area contributed by atoms with Crippen LogP contribution in [0.3, 0.4) is 0 Å². The number of ether oxygens (including phenoxy) is 1. The van der Waals surface area contributed by atoms with E-state index in [1.54, 1.807) is 7.11 Å². The molecule has 2 nitrogen and oxygen atoms in total. The summed E-state index contributed by atoms with van der Waals surface area (Å²) >= 11 is 3.52. The van der Waals surface area contributed by atoms with Crippen LogP contribution >= 0.6 is 15.9 Å². The Balaban J connectivity index is 2.23. The second-order valence-corrected chi connectivity index (χ2v) is 5.88. The van der Waals surface area contributed by atoms with Crippen molar-refractivity contribution in [2.45, 2.75) is 26.4 Å². The van der Waals surface area contributed by atoms with Crippen molar-refractivity contribution in [1.82, 2.24) is 0 Å². The summed E-state index contributed by atoms with van der Waals surface area (Å²) in [5.74, 6) is 0.818. The Kier molecular flexibility index (Phi) is 4.84. The molecule has 0 saturated heterocycles. The first-order valence-electron chi connectivity index (χ1n) is 6.59. The number of hydrogen-bond acceptors (Lipinski definition) is 2. The van der Waals surface area contributed by atoms with Gasteiger partial charge >= 0.3 is 0 Å². The lowest BCUT2D eigenvalue weighted by atomic mass is 9.96. The Morgan fingerprint density at radius 3 is 2.60 bits per heavy atom. The molecule has 106 valence electrons. The van der Waals surface area contributed by atoms with E-state index in [1.807, 2.05) is 44.2 Å². The lowest BCUT2D eigenvalue weighted by molar-refractivity contribution is 0.177. The smallest absolute Gasteiger partial charge is 0.119 e. The molecule has 20 heavy (non-hydrogen) atoms. The minimum absolute atomic E-state index is 0.506. The normalized spacial score (nSPS) is 12.2. The molecule has 0 aliphatic rings. The lowest BCUT2D eigenvalue weighted by Crippen LogP contribution is -2.05. The zero-order valence-electron chi connectivity index (χ0n) is 12.0. The zero-order valence-corrected chi connectivity index (χ0v) is 13.6. The highest BCUT2D eigenvalue weighted by Crippen LogP contribution is 2.28. The maximum atomic E-state index is 10.5. The van der Waals surface area contributed by atoms with Crippen molar-refractivity contribution in [2.75, 3.05) is 7.11 Å². The van der Waals surface area contributed by atoms with E-state index in [2.05, 4.69) is 22.0 Å². The molecule has 0 aliphatic heterocycles. The van der Waals surface area contributed by atoms with Crippen LogP contribution in [0.5, 0.6) is 5.75 Å². The maximum Gasteiger partial charge on any atom is 0.119 e. The van der Waals surface area contributed by atoms with Gasteiger partial charge in [0.15, 0.2) is 0 Å². The zero-order chi connectivity index (χ0) is 14.7. The van der Waals surface area contributed by atoms with Crippen LogP contribution in [-0.4, -0.2) is 12.2 Å². The Bertz CT molecular complexity index is 608. The molecule has 2 rings (SSSR count). The lowest BCUT2D eigenvalue weighted by Gasteiger charge is -2.16. The predicted molar refractivity (Wildman–Crippen MR) is 85.3 cm³/mol. The summed E-state index contributed by atoms with van der Waals surface area (Å²) in [6.45, 7) is 4.06. The molecule has 0 spiro atoms. The van der Waals surface area contributed by atoms with Gasteiger partial charge < -0.3 is 9.84 Å². The van der Waals surface area contributed by atoms with Gasteiger partial charge in [0.1, 0.15) is 5.75 Å². The first-order chi connectivity index (χ1) is 9.51. The fourth-order valence-electron chi connectivity index (χ4n) is 2.29. The summed E-state index contributed by atoms with van der Waals surface area (Å²) in [5, 5.41) is 10.5. The molecular weight excluding hydrogens is 316 g/mol. The molecule has 0 heterocycles. The average molecular weight is 335 g/mol. The molecule has 0 bridgehead atoms. The van der Waals surface area contributed by atoms with Crippen LogP contribution in [0.4, 0.5) is 0 Å². The second kappa shape index (κ2) is 6.42. The fourth-order valence-corrected chi connectivity index (χ4v) is 2.75. The SMILES string of the molecule is COc1cccc(CC(O)c2cc(C)c(Br)cc2C)c1. The van der Waals surface area contributed by atoms with E-state index in [-0.39, 0.29) is 0 Å². The number of halogens is 1. The van der Waals surface area contributed by atoms with E-state index in [4.69, 9.17) is 4.74 Å². The number of hydrogen-bond donors (Lipinski definition) is 1. The molecule has 1 unspecified atom stereocenters. The third-order valence-electron chi connectivity index (χ3n) is 3.47. The van der Waals surface area contributed by atoms with Crippen molar-refractivity contribution in [2.24, 2.45) is 0 Å². The summed E-state index contributed by atoms with van der Waals surface area (Å²) in [6, 6.07) is 11.9. The molecule has 0 aliphatic carbocycles. The molecule has 3 heteroatoms. The fraction of sp³-hybridized carbons (Fsp3) is 0.294. The first-order valence-corrected chi connectivity index (χ1v) is 7.38. The Morgan fingerprint density at radius 1 is 1.15 bits per heavy atom. The topological polar surface area (TPSA) is 29.5 Å². The van der Waals surface area contributed by atoms with Crippen LogP contribution in [0.2, 0.25) is 0 Å². The van der Waals surface area contributed by atoms with Crippen LogP contribution in [-0.2, 0) is 6.42 Å². The van der Waals surface area contributed by atoms with Gasteiger partial charge in [-0.1, -0.05) is 34.1 Å². The van der Waals surface area contributed by atoms with Crippen LogP contribution in [0.15, 0.2) is 40.9 Å². The van der Waals surface area contributed by atoms with Crippen molar-refractivity contribution in [3.05, 3.63) is 63.1 Å². The number of aryl methyl sites for hydroxylation is 2. The van der Waals surface area contributed by atoms with Crippen molar-refractivity contribution in [1.29, 1.82) is 0 Å². The molecule has 0 aromatic heterocycles. The number of aliphatic hydroxyl groups is 1. The highest BCUT2D eigenvalue weighted by molar-refractivity contribution is 9.10. The highest BCUT2D eigenvalue weighted by Gasteiger charge is 2.13. The van der Waals surface area contributed by atoms with E-state index in [9.17, 15) is 5.11 Å². The van der Waals surface area contributed by atoms with Crippen LogP contribution in [0.25, 0.3) is 0 Å². The molecular formula is C17H19BrO2. The quantitative estimate of drug-likeness (QED) is 0.900. The number of aliphatic hydroxyl groups excluding tert-OH is 1. The van der Waals surface area contributed by atoms with Crippen LogP contribution in [0.1, 0.15) is 28.4 Å². The third kappa shape index (κ3) is 3.41. The minimum atomic E-state index is -0.506. The van der Waals surface area contributed by atoms with Crippen molar-refractivity contribution in [3.63, 3.8) is 0 Å². The molecule has 1 N–H and O–H groups in total. The summed E-state index contributed by atoms with van der Waals surface area (Å²) in [4.78, 5) is 0. The average Bonchev–Trinajstić information content (AvgIpc) is 2.43. The maximum absolute atomic E-state index is 10.5. The van der Waals surface area contributed by atoms with E-state index in [1.165, 1.54) is 0 Å². The van der Waals surface area contributed by atoms with Crippen molar-refractivity contribution < 1.29 is 9.84 Å². The van der Waals surface area contributed by atoms with E-state index < -0.39 is 6.10 Å². The van der Waals surface area contributed by atoms with Gasteiger partial charge in [-0.25, -0.2) is 0 Å². The number of rotatable bonds is 4. The van der Waals surface area contributed by atoms with Crippen molar-refractivity contribution >= 4 is 15.9 Å². The molecule has 0 amide bonds. The number of methoxy groups -OCH3 is 1. The molecule has 0 fully saturated rings. The van der Waals surface area contributed by atoms with Crippen LogP contribution in [0, 0.1) is 13.8 Å². The third-order valence-corrected chi connectivity index (χ3v) is 4.32. The van der Waals surface area contributed by atoms with Gasteiger partial charge in [-0.05, 0) is 54.3 Å². The van der Waals surface area contributed by atoms with Gasteiger partial charge in [0, 0.05) is 10.9 Å². The largest absolute Gasteiger partial charge is 0.497 e. The van der Waals surface area contributed by atoms with Gasteiger partial charge in [-0.2, -0.15) is 0 Å². The summed E-state index contributed by atoms with van der Waals surface area (Å²) in [7, 11) is 1.65. The Hall–Kier alpha value is -1.32. The minimum Gasteiger partial charge on any atom is -0.497 e. The van der Waals surface area contributed by atoms with E-state index in [0.717, 1.165) is 32.5 Å². The molecule has 2 aromatic carbocycles. The predicted octanol–water partition coefficient (Wildman–Crippen LogP) is 4.35. The number of benzene rings is 2. The van der Waals surface area contributed by atoms with Gasteiger partial charge in [0.25, 0.3) is 0 Å². The summed E-state index contributed by atoms with van der Waals surface area (Å²) in [5.41, 5.74) is 4.28. The second-order valence-electron chi connectivity index (χ2n) is 5.03. The molecule has 0 radical (unpaired) electrons. The van der Waals surface area contributed by atoms with Gasteiger partial charge in [-0.15, -0.1) is 0 Å². The van der Waals surface area contributed by atoms with Gasteiger partial charge in [-0.3, -0.25) is 0 Å². The first kappa shape index (κ1) is 15.1. The standard InChI is InChI=1S/C17H19BrO2/c1-11-8-16(18)12(2)7-15(11)17(19)10-13-5-4-6-14(9-13)20-3/h4-9,17,19H,10H2,1-3H3. The molecule has 1 atom stereocenters. The monoisotopic (exact) mass is 334 g/mol. The van der Waals surface area contributed by atoms with Gasteiger partial charge in [0.2, 0.25) is 0 Å². The Labute approximate surface area is 128 Å². The molecule has 0 saturated carbocycles. The van der Waals surface area contributed by atoms with Crippen LogP contribution < -0.4 is 4.74 Å². The molecule has 2 aromatic rings. The summed E-state index contributed by atoms with van der Waals surface area (Å²) in [6.07, 6.45) is 0.0768. The summed E-state index contributed by atoms with van der Waals surface area (Å²) < 4.78 is 6.29. The highest BCUT2D eigenvalue weighted by atomic mass is 79.9.